The molecule has 196 valence electrons. The Bertz CT molecular complexity index is 1370. The quantitative estimate of drug-likeness (QED) is 0.425. The Morgan fingerprint density at radius 2 is 1.53 bits per heavy atom. The lowest BCUT2D eigenvalue weighted by Crippen LogP contribution is -2.51. The smallest absolute Gasteiger partial charge is 0.324 e. The van der Waals surface area contributed by atoms with Crippen LogP contribution in [0.15, 0.2) is 72.8 Å². The number of fused-ring (bicyclic) bond motifs is 1. The summed E-state index contributed by atoms with van der Waals surface area (Å²) < 4.78 is 28.4. The average molecular weight is 518 g/mol. The number of rotatable bonds is 5. The van der Waals surface area contributed by atoms with Crippen molar-refractivity contribution in [2.24, 2.45) is 5.41 Å². The number of nitrogens with zero attached hydrogens (tertiary/aromatic N) is 3. The Kier molecular flexibility index (Phi) is 6.97. The van der Waals surface area contributed by atoms with Crippen LogP contribution in [0, 0.1) is 17.0 Å². The van der Waals surface area contributed by atoms with E-state index in [1.165, 1.54) is 54.3 Å². The number of anilines is 3. The third-order valence-corrected chi connectivity index (χ3v) is 7.77. The summed E-state index contributed by atoms with van der Waals surface area (Å²) in [6.45, 7) is 2.74. The summed E-state index contributed by atoms with van der Waals surface area (Å²) in [5, 5.41) is 0. The van der Waals surface area contributed by atoms with Crippen LogP contribution in [-0.2, 0) is 16.0 Å². The number of hydrogen-bond donors (Lipinski definition) is 0. The van der Waals surface area contributed by atoms with Crippen LogP contribution in [0.2, 0.25) is 0 Å². The van der Waals surface area contributed by atoms with Crippen LogP contribution in [-0.4, -0.2) is 42.3 Å². The fourth-order valence-electron chi connectivity index (χ4n) is 5.50. The lowest BCUT2D eigenvalue weighted by Gasteiger charge is -2.41. The number of ketones is 1. The molecule has 3 aromatic rings. The summed E-state index contributed by atoms with van der Waals surface area (Å²) in [5.74, 6) is -1.69. The van der Waals surface area contributed by atoms with Gasteiger partial charge in [-0.3, -0.25) is 19.4 Å². The molecule has 0 aromatic heterocycles. The molecule has 3 amide bonds. The first-order chi connectivity index (χ1) is 18.3. The molecule has 2 aliphatic rings. The highest BCUT2D eigenvalue weighted by Crippen LogP contribution is 2.40. The largest absolute Gasteiger partial charge is 0.324 e. The van der Waals surface area contributed by atoms with Gasteiger partial charge in [-0.15, -0.1) is 0 Å². The van der Waals surface area contributed by atoms with Gasteiger partial charge in [0, 0.05) is 42.8 Å². The number of urea groups is 1. The molecule has 2 heterocycles. The van der Waals surface area contributed by atoms with E-state index in [-0.39, 0.29) is 23.9 Å². The van der Waals surface area contributed by atoms with Gasteiger partial charge >= 0.3 is 6.03 Å². The molecule has 8 heteroatoms. The summed E-state index contributed by atoms with van der Waals surface area (Å²) in [5.41, 5.74) is 1.40. The fourth-order valence-corrected chi connectivity index (χ4v) is 5.50. The average Bonchev–Trinajstić information content (AvgIpc) is 3.35. The Hall–Kier alpha value is -4.07. The molecular weight excluding hydrogens is 488 g/mol. The number of hydrogen-bond acceptors (Lipinski definition) is 3. The van der Waals surface area contributed by atoms with Gasteiger partial charge in [-0.2, -0.15) is 0 Å². The van der Waals surface area contributed by atoms with Crippen LogP contribution in [0.25, 0.3) is 0 Å². The molecule has 0 atom stereocenters. The van der Waals surface area contributed by atoms with Gasteiger partial charge in [0.1, 0.15) is 17.4 Å². The van der Waals surface area contributed by atoms with Gasteiger partial charge < -0.3 is 4.90 Å². The second-order valence-electron chi connectivity index (χ2n) is 9.97. The first-order valence-corrected chi connectivity index (χ1v) is 12.8. The van der Waals surface area contributed by atoms with Gasteiger partial charge in [0.25, 0.3) is 0 Å². The van der Waals surface area contributed by atoms with Crippen molar-refractivity contribution in [1.29, 1.82) is 0 Å². The van der Waals surface area contributed by atoms with Crippen molar-refractivity contribution in [3.63, 3.8) is 0 Å². The van der Waals surface area contributed by atoms with E-state index in [1.807, 2.05) is 24.3 Å². The van der Waals surface area contributed by atoms with Crippen molar-refractivity contribution in [1.82, 2.24) is 4.90 Å². The van der Waals surface area contributed by atoms with Crippen LogP contribution < -0.4 is 9.80 Å². The number of carbonyl (C=O) groups is 3. The zero-order valence-electron chi connectivity index (χ0n) is 21.2. The van der Waals surface area contributed by atoms with Crippen molar-refractivity contribution in [2.45, 2.75) is 32.6 Å². The molecule has 0 N–H and O–H groups in total. The monoisotopic (exact) mass is 517 g/mol. The molecule has 1 fully saturated rings. The second kappa shape index (κ2) is 10.4. The highest BCUT2D eigenvalue weighted by atomic mass is 19.1. The molecule has 0 spiro atoms. The third kappa shape index (κ3) is 4.78. The summed E-state index contributed by atoms with van der Waals surface area (Å²) in [7, 11) is 0. The van der Waals surface area contributed by atoms with Gasteiger partial charge in [0.05, 0.1) is 5.69 Å². The predicted octanol–water partition coefficient (Wildman–Crippen LogP) is 5.87. The van der Waals surface area contributed by atoms with Crippen molar-refractivity contribution < 1.29 is 23.2 Å². The predicted molar refractivity (Wildman–Crippen MR) is 141 cm³/mol. The molecule has 3 aromatic carbocycles. The van der Waals surface area contributed by atoms with Crippen LogP contribution in [0.4, 0.5) is 30.6 Å². The highest BCUT2D eigenvalue weighted by Gasteiger charge is 2.44. The van der Waals surface area contributed by atoms with Gasteiger partial charge in [0.2, 0.25) is 5.91 Å². The topological polar surface area (TPSA) is 60.9 Å². The Balaban J connectivity index is 1.36. The van der Waals surface area contributed by atoms with E-state index in [9.17, 15) is 23.2 Å². The summed E-state index contributed by atoms with van der Waals surface area (Å²) >= 11 is 0. The van der Waals surface area contributed by atoms with Gasteiger partial charge in [-0.1, -0.05) is 30.3 Å². The SMILES string of the molecule is CC(=O)C1(CC(=O)N(c2ccc(F)cc2)c2ccccc2F)CCN(C(=O)N2CCc3ccccc32)CC1. The van der Waals surface area contributed by atoms with Crippen LogP contribution >= 0.6 is 0 Å². The van der Waals surface area contributed by atoms with Gasteiger partial charge in [-0.05, 0) is 74.2 Å². The van der Waals surface area contributed by atoms with Crippen LogP contribution in [0.5, 0.6) is 0 Å². The number of likely N-dealkylation sites (tertiary alicyclic amines) is 1. The van der Waals surface area contributed by atoms with Crippen LogP contribution in [0.3, 0.4) is 0 Å². The molecule has 5 rings (SSSR count). The molecule has 0 radical (unpaired) electrons. The molecular formula is C30H29F2N3O3. The Morgan fingerprint density at radius 3 is 2.21 bits per heavy atom. The van der Waals surface area contributed by atoms with Crippen molar-refractivity contribution >= 4 is 34.8 Å². The fraction of sp³-hybridized carbons (Fsp3) is 0.300. The van der Waals surface area contributed by atoms with E-state index in [0.29, 0.717) is 38.2 Å². The molecule has 0 saturated carbocycles. The maximum atomic E-state index is 14.8. The van der Waals surface area contributed by atoms with Gasteiger partial charge in [-0.25, -0.2) is 13.6 Å². The third-order valence-electron chi connectivity index (χ3n) is 7.77. The number of benzene rings is 3. The van der Waals surface area contributed by atoms with Crippen molar-refractivity contribution in [3.8, 4) is 0 Å². The summed E-state index contributed by atoms with van der Waals surface area (Å²) in [6, 6.07) is 18.8. The standard InChI is InChI=1S/C30H29F2N3O3/c1-21(36)30(15-18-33(19-16-30)29(38)34-17-14-22-6-2-4-8-26(22)34)20-28(37)35(24-12-10-23(31)11-13-24)27-9-5-3-7-25(27)32/h2-13H,14-20H2,1H3. The van der Waals surface area contributed by atoms with Crippen molar-refractivity contribution in [2.75, 3.05) is 29.4 Å². The van der Waals surface area contributed by atoms with Crippen LogP contribution in [0.1, 0.15) is 31.7 Å². The number of piperidine rings is 1. The van der Waals surface area contributed by atoms with E-state index >= 15 is 0 Å². The molecule has 0 bridgehead atoms. The minimum absolute atomic E-state index is 0.0307. The molecule has 1 saturated heterocycles. The van der Waals surface area contributed by atoms with E-state index in [0.717, 1.165) is 17.7 Å². The lowest BCUT2D eigenvalue weighted by atomic mass is 9.72. The zero-order chi connectivity index (χ0) is 26.9. The molecule has 2 aliphatic heterocycles. The minimum Gasteiger partial charge on any atom is -0.324 e. The second-order valence-corrected chi connectivity index (χ2v) is 9.97. The van der Waals surface area contributed by atoms with E-state index in [2.05, 4.69) is 0 Å². The Morgan fingerprint density at radius 1 is 0.868 bits per heavy atom. The normalized spacial score (nSPS) is 16.2. The first-order valence-electron chi connectivity index (χ1n) is 12.8. The van der Waals surface area contributed by atoms with E-state index < -0.39 is 23.0 Å². The summed E-state index contributed by atoms with van der Waals surface area (Å²) in [6.07, 6.45) is 1.30. The lowest BCUT2D eigenvalue weighted by molar-refractivity contribution is -0.134. The number of halogens is 2. The number of carbonyl (C=O) groups excluding carboxylic acids is 3. The molecule has 6 nitrogen and oxygen atoms in total. The van der Waals surface area contributed by atoms with E-state index in [1.54, 1.807) is 15.9 Å². The first kappa shape index (κ1) is 25.6. The van der Waals surface area contributed by atoms with Gasteiger partial charge in [0.15, 0.2) is 0 Å². The number of Topliss-reactive ketones (excluding diaryl/α,β-unsaturated/α-hetero) is 1. The Labute approximate surface area is 220 Å². The molecule has 0 unspecified atom stereocenters. The number of amides is 3. The van der Waals surface area contributed by atoms with Crippen molar-refractivity contribution in [3.05, 3.63) is 90.0 Å². The molecule has 38 heavy (non-hydrogen) atoms. The minimum atomic E-state index is -0.986. The molecule has 0 aliphatic carbocycles. The van der Waals surface area contributed by atoms with E-state index in [4.69, 9.17) is 0 Å². The maximum absolute atomic E-state index is 14.8. The summed E-state index contributed by atoms with van der Waals surface area (Å²) in [4.78, 5) is 44.7. The maximum Gasteiger partial charge on any atom is 0.324 e. The highest BCUT2D eigenvalue weighted by molar-refractivity contribution is 6.03. The zero-order valence-corrected chi connectivity index (χ0v) is 21.2. The number of para-hydroxylation sites is 2.